The Balaban J connectivity index is 2.77. The number of amides is 1. The van der Waals surface area contributed by atoms with Gasteiger partial charge >= 0.3 is 0 Å². The fraction of sp³-hybridized carbons (Fsp3) is 0.400. The highest BCUT2D eigenvalue weighted by molar-refractivity contribution is 5.94. The first kappa shape index (κ1) is 12.1. The fourth-order valence-corrected chi connectivity index (χ4v) is 1.26. The Kier molecular flexibility index (Phi) is 3.93. The summed E-state index contributed by atoms with van der Waals surface area (Å²) in [6.07, 6.45) is 0. The minimum absolute atomic E-state index is 0.0153. The number of likely N-dealkylation sites (N-methyl/N-ethyl adjacent to an activating group) is 1. The quantitative estimate of drug-likeness (QED) is 0.343. The van der Waals surface area contributed by atoms with E-state index >= 15 is 0 Å². The van der Waals surface area contributed by atoms with Gasteiger partial charge in [-0.1, -0.05) is 5.16 Å². The molecule has 1 aromatic rings. The van der Waals surface area contributed by atoms with E-state index in [0.29, 0.717) is 12.3 Å². The summed E-state index contributed by atoms with van der Waals surface area (Å²) >= 11 is 0. The standard InChI is InChI=1S/C10H15N3O3/c1-3-13(6-9(11)12-15)10(14)8-5-4-7(2)16-8/h4-5,15H,3,6H2,1-2H3,(H2,11,12). The first-order valence-corrected chi connectivity index (χ1v) is 4.90. The van der Waals surface area contributed by atoms with Crippen LogP contribution in [0.2, 0.25) is 0 Å². The molecule has 6 nitrogen and oxygen atoms in total. The first-order chi connectivity index (χ1) is 7.58. The lowest BCUT2D eigenvalue weighted by atomic mass is 10.3. The first-order valence-electron chi connectivity index (χ1n) is 4.90. The van der Waals surface area contributed by atoms with Crippen molar-refractivity contribution in [3.63, 3.8) is 0 Å². The molecule has 0 saturated heterocycles. The third kappa shape index (κ3) is 2.75. The predicted molar refractivity (Wildman–Crippen MR) is 58.4 cm³/mol. The molecule has 6 heteroatoms. The van der Waals surface area contributed by atoms with Crippen LogP contribution < -0.4 is 5.73 Å². The van der Waals surface area contributed by atoms with Crippen molar-refractivity contribution in [2.45, 2.75) is 13.8 Å². The number of hydrogen-bond donors (Lipinski definition) is 2. The van der Waals surface area contributed by atoms with Gasteiger partial charge < -0.3 is 20.3 Å². The Labute approximate surface area is 93.3 Å². The zero-order valence-electron chi connectivity index (χ0n) is 9.30. The monoisotopic (exact) mass is 225 g/mol. The average Bonchev–Trinajstić information content (AvgIpc) is 2.71. The summed E-state index contributed by atoms with van der Waals surface area (Å²) in [6, 6.07) is 3.32. The SMILES string of the molecule is CCN(CC(N)=NO)C(=O)c1ccc(C)o1. The number of nitrogens with zero attached hydrogens (tertiary/aromatic N) is 2. The van der Waals surface area contributed by atoms with Crippen molar-refractivity contribution in [1.29, 1.82) is 0 Å². The van der Waals surface area contributed by atoms with E-state index in [9.17, 15) is 4.79 Å². The molecule has 16 heavy (non-hydrogen) atoms. The number of carbonyl (C=O) groups is 1. The maximum absolute atomic E-state index is 11.9. The van der Waals surface area contributed by atoms with E-state index < -0.39 is 0 Å². The fourth-order valence-electron chi connectivity index (χ4n) is 1.26. The van der Waals surface area contributed by atoms with Gasteiger partial charge in [0, 0.05) is 6.54 Å². The van der Waals surface area contributed by atoms with Crippen molar-refractivity contribution >= 4 is 11.7 Å². The van der Waals surface area contributed by atoms with Gasteiger partial charge in [0.25, 0.3) is 5.91 Å². The van der Waals surface area contributed by atoms with Crippen molar-refractivity contribution in [2.24, 2.45) is 10.9 Å². The lowest BCUT2D eigenvalue weighted by molar-refractivity contribution is 0.0753. The van der Waals surface area contributed by atoms with E-state index in [1.807, 2.05) is 0 Å². The maximum atomic E-state index is 11.9. The molecule has 0 atom stereocenters. The number of oxime groups is 1. The van der Waals surface area contributed by atoms with Crippen LogP contribution in [0, 0.1) is 6.92 Å². The highest BCUT2D eigenvalue weighted by Gasteiger charge is 2.18. The number of aryl methyl sites for hydroxylation is 1. The Hall–Kier alpha value is -1.98. The topological polar surface area (TPSA) is 92.1 Å². The van der Waals surface area contributed by atoms with Crippen molar-refractivity contribution in [3.8, 4) is 0 Å². The van der Waals surface area contributed by atoms with Gasteiger partial charge in [0.15, 0.2) is 11.6 Å². The Morgan fingerprint density at radius 3 is 2.75 bits per heavy atom. The van der Waals surface area contributed by atoms with Crippen LogP contribution in [0.1, 0.15) is 23.2 Å². The van der Waals surface area contributed by atoms with Gasteiger partial charge in [-0.25, -0.2) is 0 Å². The van der Waals surface area contributed by atoms with Crippen molar-refractivity contribution in [3.05, 3.63) is 23.7 Å². The second kappa shape index (κ2) is 5.20. The number of rotatable bonds is 4. The van der Waals surface area contributed by atoms with Crippen LogP contribution in [0.25, 0.3) is 0 Å². The van der Waals surface area contributed by atoms with Gasteiger partial charge in [0.05, 0.1) is 6.54 Å². The van der Waals surface area contributed by atoms with Crippen LogP contribution in [0.5, 0.6) is 0 Å². The van der Waals surface area contributed by atoms with Crippen LogP contribution in [0.15, 0.2) is 21.7 Å². The summed E-state index contributed by atoms with van der Waals surface area (Å²) in [5.41, 5.74) is 5.35. The van der Waals surface area contributed by atoms with E-state index in [4.69, 9.17) is 15.4 Å². The van der Waals surface area contributed by atoms with Crippen molar-refractivity contribution in [2.75, 3.05) is 13.1 Å². The second-order valence-corrected chi connectivity index (χ2v) is 3.32. The molecule has 0 saturated carbocycles. The van der Waals surface area contributed by atoms with Gasteiger partial charge in [-0.2, -0.15) is 0 Å². The molecule has 0 aliphatic carbocycles. The molecule has 0 bridgehead atoms. The van der Waals surface area contributed by atoms with Gasteiger partial charge in [0.1, 0.15) is 5.76 Å². The molecule has 0 unspecified atom stereocenters. The van der Waals surface area contributed by atoms with Crippen LogP contribution in [-0.2, 0) is 0 Å². The summed E-state index contributed by atoms with van der Waals surface area (Å²) < 4.78 is 5.21. The van der Waals surface area contributed by atoms with Gasteiger partial charge in [-0.05, 0) is 26.0 Å². The molecule has 3 N–H and O–H groups in total. The molecular weight excluding hydrogens is 210 g/mol. The average molecular weight is 225 g/mol. The lowest BCUT2D eigenvalue weighted by Crippen LogP contribution is -2.38. The predicted octanol–water partition coefficient (Wildman–Crippen LogP) is 0.797. The van der Waals surface area contributed by atoms with Crippen molar-refractivity contribution < 1.29 is 14.4 Å². The molecule has 1 aromatic heterocycles. The molecule has 0 aromatic carbocycles. The molecule has 1 heterocycles. The zero-order chi connectivity index (χ0) is 12.1. The lowest BCUT2D eigenvalue weighted by Gasteiger charge is -2.18. The molecular formula is C10H15N3O3. The number of carbonyl (C=O) groups excluding carboxylic acids is 1. The smallest absolute Gasteiger partial charge is 0.289 e. The van der Waals surface area contributed by atoms with Crippen LogP contribution in [-0.4, -0.2) is 34.9 Å². The molecule has 1 rings (SSSR count). The largest absolute Gasteiger partial charge is 0.456 e. The number of amidine groups is 1. The van der Waals surface area contributed by atoms with Crippen LogP contribution in [0.4, 0.5) is 0 Å². The highest BCUT2D eigenvalue weighted by atomic mass is 16.4. The third-order valence-corrected chi connectivity index (χ3v) is 2.10. The Bertz CT molecular complexity index is 398. The highest BCUT2D eigenvalue weighted by Crippen LogP contribution is 2.09. The summed E-state index contributed by atoms with van der Waals surface area (Å²) in [5, 5.41) is 11.3. The number of hydrogen-bond acceptors (Lipinski definition) is 4. The molecule has 88 valence electrons. The Morgan fingerprint density at radius 1 is 1.62 bits per heavy atom. The summed E-state index contributed by atoms with van der Waals surface area (Å²) in [4.78, 5) is 13.3. The minimum atomic E-state index is -0.276. The zero-order valence-corrected chi connectivity index (χ0v) is 9.30. The molecule has 0 radical (unpaired) electrons. The van der Waals surface area contributed by atoms with E-state index in [2.05, 4.69) is 5.16 Å². The number of furan rings is 1. The second-order valence-electron chi connectivity index (χ2n) is 3.32. The maximum Gasteiger partial charge on any atom is 0.289 e. The third-order valence-electron chi connectivity index (χ3n) is 2.10. The molecule has 0 aliphatic rings. The molecule has 0 spiro atoms. The van der Waals surface area contributed by atoms with E-state index in [-0.39, 0.29) is 24.0 Å². The van der Waals surface area contributed by atoms with Crippen LogP contribution in [0.3, 0.4) is 0 Å². The summed E-state index contributed by atoms with van der Waals surface area (Å²) in [6.45, 7) is 4.09. The minimum Gasteiger partial charge on any atom is -0.456 e. The molecule has 1 amide bonds. The van der Waals surface area contributed by atoms with Gasteiger partial charge in [-0.3, -0.25) is 4.79 Å². The molecule has 0 aliphatic heterocycles. The van der Waals surface area contributed by atoms with E-state index in [0.717, 1.165) is 0 Å². The number of nitrogens with two attached hydrogens (primary N) is 1. The summed E-state index contributed by atoms with van der Waals surface area (Å²) in [7, 11) is 0. The van der Waals surface area contributed by atoms with Crippen LogP contribution >= 0.6 is 0 Å². The Morgan fingerprint density at radius 2 is 2.31 bits per heavy atom. The van der Waals surface area contributed by atoms with E-state index in [1.54, 1.807) is 26.0 Å². The van der Waals surface area contributed by atoms with Crippen molar-refractivity contribution in [1.82, 2.24) is 4.90 Å². The van der Waals surface area contributed by atoms with Gasteiger partial charge in [0.2, 0.25) is 0 Å². The summed E-state index contributed by atoms with van der Waals surface area (Å²) in [5.74, 6) is 0.633. The molecule has 0 fully saturated rings. The van der Waals surface area contributed by atoms with Gasteiger partial charge in [-0.15, -0.1) is 0 Å². The van der Waals surface area contributed by atoms with E-state index in [1.165, 1.54) is 4.90 Å². The normalized spacial score (nSPS) is 11.5.